The first-order valence-electron chi connectivity index (χ1n) is 5.91. The first-order chi connectivity index (χ1) is 8.85. The lowest BCUT2D eigenvalue weighted by atomic mass is 10.0. The largest absolute Gasteiger partial charge is 0.496 e. The third kappa shape index (κ3) is 2.84. The highest BCUT2D eigenvalue weighted by atomic mass is 16.5. The Hall–Kier alpha value is -1.94. The van der Waals surface area contributed by atoms with Crippen molar-refractivity contribution in [1.29, 1.82) is 0 Å². The number of methoxy groups -OCH3 is 1. The van der Waals surface area contributed by atoms with Crippen LogP contribution in [0.1, 0.15) is 17.4 Å². The van der Waals surface area contributed by atoms with Crippen LogP contribution in [0.15, 0.2) is 42.7 Å². The van der Waals surface area contributed by atoms with Gasteiger partial charge >= 0.3 is 0 Å². The van der Waals surface area contributed by atoms with Crippen molar-refractivity contribution in [3.8, 4) is 5.75 Å². The summed E-state index contributed by atoms with van der Waals surface area (Å²) in [5, 5.41) is 3.24. The van der Waals surface area contributed by atoms with Crippen molar-refractivity contribution in [2.45, 2.75) is 12.5 Å². The number of aromatic nitrogens is 2. The molecule has 1 heterocycles. The molecule has 2 rings (SSSR count). The van der Waals surface area contributed by atoms with Crippen LogP contribution in [0.4, 0.5) is 0 Å². The van der Waals surface area contributed by atoms with Crippen LogP contribution in [0.3, 0.4) is 0 Å². The Kier molecular flexibility index (Phi) is 4.25. The fourth-order valence-corrected chi connectivity index (χ4v) is 1.90. The molecule has 1 aromatic carbocycles. The van der Waals surface area contributed by atoms with Crippen LogP contribution in [0, 0.1) is 0 Å². The predicted octanol–water partition coefficient (Wildman–Crippen LogP) is 1.99. The maximum absolute atomic E-state index is 5.36. The Morgan fingerprint density at radius 3 is 2.56 bits per heavy atom. The highest BCUT2D eigenvalue weighted by Gasteiger charge is 2.14. The van der Waals surface area contributed by atoms with E-state index in [9.17, 15) is 0 Å². The topological polar surface area (TPSA) is 47.0 Å². The van der Waals surface area contributed by atoms with Gasteiger partial charge in [0.15, 0.2) is 0 Å². The molecule has 0 bridgehead atoms. The van der Waals surface area contributed by atoms with Crippen molar-refractivity contribution in [1.82, 2.24) is 15.3 Å². The Bertz CT molecular complexity index is 487. The normalized spacial score (nSPS) is 12.1. The number of rotatable bonds is 5. The summed E-state index contributed by atoms with van der Waals surface area (Å²) in [4.78, 5) is 8.57. The average Bonchev–Trinajstić information content (AvgIpc) is 2.46. The highest BCUT2D eigenvalue weighted by molar-refractivity contribution is 5.34. The molecule has 4 nitrogen and oxygen atoms in total. The van der Waals surface area contributed by atoms with Crippen molar-refractivity contribution >= 4 is 0 Å². The van der Waals surface area contributed by atoms with Crippen LogP contribution in [0.5, 0.6) is 5.75 Å². The zero-order valence-electron chi connectivity index (χ0n) is 10.6. The molecule has 0 aliphatic carbocycles. The molecule has 0 amide bonds. The molecule has 0 aliphatic heterocycles. The second-order valence-electron chi connectivity index (χ2n) is 3.96. The minimum absolute atomic E-state index is 0.0856. The van der Waals surface area contributed by atoms with E-state index in [1.807, 2.05) is 31.3 Å². The van der Waals surface area contributed by atoms with E-state index in [4.69, 9.17) is 4.74 Å². The van der Waals surface area contributed by atoms with Gasteiger partial charge in [0.05, 0.1) is 13.2 Å². The first-order valence-corrected chi connectivity index (χ1v) is 5.91. The van der Waals surface area contributed by atoms with Gasteiger partial charge in [-0.25, -0.2) is 9.97 Å². The summed E-state index contributed by atoms with van der Waals surface area (Å²) in [6, 6.07) is 9.91. The summed E-state index contributed by atoms with van der Waals surface area (Å²) in [5.74, 6) is 1.69. The first kappa shape index (κ1) is 12.5. The minimum Gasteiger partial charge on any atom is -0.496 e. The van der Waals surface area contributed by atoms with E-state index in [-0.39, 0.29) is 6.04 Å². The van der Waals surface area contributed by atoms with Gasteiger partial charge in [-0.15, -0.1) is 0 Å². The van der Waals surface area contributed by atoms with E-state index < -0.39 is 0 Å². The number of para-hydroxylation sites is 1. The molecule has 0 saturated heterocycles. The molecule has 0 fully saturated rings. The van der Waals surface area contributed by atoms with E-state index in [2.05, 4.69) is 21.4 Å². The fraction of sp³-hybridized carbons (Fsp3) is 0.286. The molecule has 0 spiro atoms. The van der Waals surface area contributed by atoms with E-state index >= 15 is 0 Å². The lowest BCUT2D eigenvalue weighted by Gasteiger charge is -2.16. The van der Waals surface area contributed by atoms with Gasteiger partial charge in [-0.3, -0.25) is 0 Å². The summed E-state index contributed by atoms with van der Waals surface area (Å²) in [6.45, 7) is 0. The SMILES string of the molecule is CNC(Cc1ccccc1OC)c1ncccn1. The van der Waals surface area contributed by atoms with E-state index in [1.54, 1.807) is 19.5 Å². The third-order valence-corrected chi connectivity index (χ3v) is 2.86. The number of nitrogens with one attached hydrogen (secondary N) is 1. The molecule has 0 aliphatic rings. The molecule has 1 N–H and O–H groups in total. The van der Waals surface area contributed by atoms with Crippen LogP contribution < -0.4 is 10.1 Å². The van der Waals surface area contributed by atoms with Crippen LogP contribution in [0.2, 0.25) is 0 Å². The second-order valence-corrected chi connectivity index (χ2v) is 3.96. The quantitative estimate of drug-likeness (QED) is 0.872. The fourth-order valence-electron chi connectivity index (χ4n) is 1.90. The van der Waals surface area contributed by atoms with Gasteiger partial charge in [0.2, 0.25) is 0 Å². The van der Waals surface area contributed by atoms with Gasteiger partial charge in [0.25, 0.3) is 0 Å². The van der Waals surface area contributed by atoms with Crippen LogP contribution in [0.25, 0.3) is 0 Å². The van der Waals surface area contributed by atoms with Crippen LogP contribution >= 0.6 is 0 Å². The van der Waals surface area contributed by atoms with Gasteiger partial charge in [-0.05, 0) is 31.2 Å². The van der Waals surface area contributed by atoms with Crippen molar-refractivity contribution in [3.05, 3.63) is 54.1 Å². The predicted molar refractivity (Wildman–Crippen MR) is 70.5 cm³/mol. The van der Waals surface area contributed by atoms with Crippen molar-refractivity contribution in [2.24, 2.45) is 0 Å². The van der Waals surface area contributed by atoms with Crippen molar-refractivity contribution < 1.29 is 4.74 Å². The minimum atomic E-state index is 0.0856. The summed E-state index contributed by atoms with van der Waals surface area (Å²) < 4.78 is 5.36. The summed E-state index contributed by atoms with van der Waals surface area (Å²) in [5.41, 5.74) is 1.15. The molecule has 0 saturated carbocycles. The van der Waals surface area contributed by atoms with Gasteiger partial charge in [-0.2, -0.15) is 0 Å². The van der Waals surface area contributed by atoms with Crippen molar-refractivity contribution in [2.75, 3.05) is 14.2 Å². The highest BCUT2D eigenvalue weighted by Crippen LogP contribution is 2.22. The Labute approximate surface area is 107 Å². The Morgan fingerprint density at radius 1 is 1.17 bits per heavy atom. The Balaban J connectivity index is 2.21. The smallest absolute Gasteiger partial charge is 0.145 e. The number of hydrogen-bond acceptors (Lipinski definition) is 4. The molecule has 0 radical (unpaired) electrons. The molecule has 94 valence electrons. The van der Waals surface area contributed by atoms with Gasteiger partial charge in [0, 0.05) is 12.4 Å². The van der Waals surface area contributed by atoms with Crippen molar-refractivity contribution in [3.63, 3.8) is 0 Å². The average molecular weight is 243 g/mol. The van der Waals surface area contributed by atoms with Gasteiger partial charge in [0.1, 0.15) is 11.6 Å². The van der Waals surface area contributed by atoms with E-state index in [1.165, 1.54) is 0 Å². The monoisotopic (exact) mass is 243 g/mol. The maximum Gasteiger partial charge on any atom is 0.145 e. The summed E-state index contributed by atoms with van der Waals surface area (Å²) in [6.07, 6.45) is 4.31. The molecule has 1 atom stereocenters. The zero-order valence-corrected chi connectivity index (χ0v) is 10.6. The molecule has 1 aromatic heterocycles. The summed E-state index contributed by atoms with van der Waals surface area (Å²) in [7, 11) is 3.60. The van der Waals surface area contributed by atoms with Gasteiger partial charge < -0.3 is 10.1 Å². The number of likely N-dealkylation sites (N-methyl/N-ethyl adjacent to an activating group) is 1. The standard InChI is InChI=1S/C14H17N3O/c1-15-12(14-16-8-5-9-17-14)10-11-6-3-4-7-13(11)18-2/h3-9,12,15H,10H2,1-2H3. The number of nitrogens with zero attached hydrogens (tertiary/aromatic N) is 2. The summed E-state index contributed by atoms with van der Waals surface area (Å²) >= 11 is 0. The molecule has 1 unspecified atom stereocenters. The molecular weight excluding hydrogens is 226 g/mol. The molecule has 4 heteroatoms. The Morgan fingerprint density at radius 2 is 1.89 bits per heavy atom. The molecule has 2 aromatic rings. The van der Waals surface area contributed by atoms with Gasteiger partial charge in [-0.1, -0.05) is 18.2 Å². The lowest BCUT2D eigenvalue weighted by Crippen LogP contribution is -2.21. The lowest BCUT2D eigenvalue weighted by molar-refractivity contribution is 0.405. The van der Waals surface area contributed by atoms with Crippen LogP contribution in [-0.2, 0) is 6.42 Å². The number of ether oxygens (including phenoxy) is 1. The van der Waals surface area contributed by atoms with E-state index in [0.29, 0.717) is 0 Å². The van der Waals surface area contributed by atoms with E-state index in [0.717, 1.165) is 23.6 Å². The zero-order chi connectivity index (χ0) is 12.8. The van der Waals surface area contributed by atoms with Crippen LogP contribution in [-0.4, -0.2) is 24.1 Å². The third-order valence-electron chi connectivity index (χ3n) is 2.86. The number of benzene rings is 1. The second kappa shape index (κ2) is 6.12. The maximum atomic E-state index is 5.36. The molecule has 18 heavy (non-hydrogen) atoms. The number of hydrogen-bond donors (Lipinski definition) is 1. The molecular formula is C14H17N3O.